The van der Waals surface area contributed by atoms with Crippen molar-refractivity contribution in [3.05, 3.63) is 0 Å². The van der Waals surface area contributed by atoms with Crippen LogP contribution in [0, 0.1) is 5.92 Å². The lowest BCUT2D eigenvalue weighted by molar-refractivity contribution is 0.256. The fourth-order valence-corrected chi connectivity index (χ4v) is 5.32. The quantitative estimate of drug-likeness (QED) is 0.859. The van der Waals surface area contributed by atoms with E-state index in [1.165, 1.54) is 12.8 Å². The highest BCUT2D eigenvalue weighted by atomic mass is 35.5. The molecular weight excluding hydrogens is 272 g/mol. The molecule has 1 unspecified atom stereocenters. The van der Waals surface area contributed by atoms with Gasteiger partial charge < -0.3 is 5.73 Å². The molecule has 2 N–H and O–H groups in total. The Morgan fingerprint density at radius 3 is 2.28 bits per heavy atom. The summed E-state index contributed by atoms with van der Waals surface area (Å²) in [6, 6.07) is 0.0511. The maximum Gasteiger partial charge on any atom is 0.214 e. The van der Waals surface area contributed by atoms with Crippen molar-refractivity contribution in [3.63, 3.8) is 0 Å². The minimum absolute atomic E-state index is 0. The van der Waals surface area contributed by atoms with Crippen molar-refractivity contribution in [2.24, 2.45) is 11.7 Å². The first-order valence-corrected chi connectivity index (χ1v) is 8.44. The SMILES string of the molecule is Cl.NCC1CCCCN1S(=O)(=O)CC1CCCC1. The lowest BCUT2D eigenvalue weighted by atomic mass is 10.1. The van der Waals surface area contributed by atoms with E-state index in [9.17, 15) is 8.42 Å². The maximum atomic E-state index is 12.4. The molecule has 1 heterocycles. The number of piperidine rings is 1. The van der Waals surface area contributed by atoms with Gasteiger partial charge in [0.05, 0.1) is 5.75 Å². The Hall–Kier alpha value is 0.160. The monoisotopic (exact) mass is 296 g/mol. The third-order valence-corrected chi connectivity index (χ3v) is 6.21. The van der Waals surface area contributed by atoms with Gasteiger partial charge in [-0.05, 0) is 31.6 Å². The van der Waals surface area contributed by atoms with Crippen molar-refractivity contribution in [2.45, 2.75) is 51.0 Å². The van der Waals surface area contributed by atoms with Gasteiger partial charge in [0.2, 0.25) is 10.0 Å². The summed E-state index contributed by atoms with van der Waals surface area (Å²) >= 11 is 0. The molecule has 0 bridgehead atoms. The van der Waals surface area contributed by atoms with Crippen molar-refractivity contribution >= 4 is 22.4 Å². The second-order valence-electron chi connectivity index (χ2n) is 5.43. The number of hydrogen-bond acceptors (Lipinski definition) is 3. The van der Waals surface area contributed by atoms with Crippen LogP contribution in [-0.2, 0) is 10.0 Å². The second kappa shape index (κ2) is 7.08. The molecule has 6 heteroatoms. The Balaban J connectivity index is 0.00000162. The van der Waals surface area contributed by atoms with Gasteiger partial charge in [0.25, 0.3) is 0 Å². The zero-order valence-corrected chi connectivity index (χ0v) is 12.5. The predicted molar refractivity (Wildman–Crippen MR) is 76.4 cm³/mol. The maximum absolute atomic E-state index is 12.4. The molecule has 0 radical (unpaired) electrons. The number of halogens is 1. The Morgan fingerprint density at radius 1 is 1.06 bits per heavy atom. The lowest BCUT2D eigenvalue weighted by Crippen LogP contribution is -2.48. The molecule has 0 aromatic rings. The first-order chi connectivity index (χ1) is 8.13. The van der Waals surface area contributed by atoms with E-state index in [0.29, 0.717) is 24.8 Å². The van der Waals surface area contributed by atoms with Crippen LogP contribution in [0.15, 0.2) is 0 Å². The van der Waals surface area contributed by atoms with Crippen molar-refractivity contribution in [1.29, 1.82) is 0 Å². The number of sulfonamides is 1. The molecule has 1 saturated carbocycles. The van der Waals surface area contributed by atoms with Gasteiger partial charge in [-0.3, -0.25) is 0 Å². The number of nitrogens with two attached hydrogens (primary N) is 1. The van der Waals surface area contributed by atoms with Crippen LogP contribution in [0.25, 0.3) is 0 Å². The molecule has 4 nitrogen and oxygen atoms in total. The number of nitrogens with zero attached hydrogens (tertiary/aromatic N) is 1. The van der Waals surface area contributed by atoms with Gasteiger partial charge >= 0.3 is 0 Å². The number of hydrogen-bond donors (Lipinski definition) is 1. The van der Waals surface area contributed by atoms with Crippen LogP contribution in [0.3, 0.4) is 0 Å². The van der Waals surface area contributed by atoms with Crippen LogP contribution in [0.1, 0.15) is 44.9 Å². The van der Waals surface area contributed by atoms with Crippen molar-refractivity contribution < 1.29 is 8.42 Å². The molecule has 1 aliphatic heterocycles. The second-order valence-corrected chi connectivity index (χ2v) is 7.39. The molecule has 0 aromatic carbocycles. The van der Waals surface area contributed by atoms with Gasteiger partial charge in [0.1, 0.15) is 0 Å². The summed E-state index contributed by atoms with van der Waals surface area (Å²) in [7, 11) is -3.07. The molecule has 1 saturated heterocycles. The van der Waals surface area contributed by atoms with E-state index >= 15 is 0 Å². The molecule has 18 heavy (non-hydrogen) atoms. The third-order valence-electron chi connectivity index (χ3n) is 4.12. The van der Waals surface area contributed by atoms with Crippen molar-refractivity contribution in [1.82, 2.24) is 4.31 Å². The Kier molecular flexibility index (Phi) is 6.38. The molecule has 1 aliphatic carbocycles. The fraction of sp³-hybridized carbons (Fsp3) is 1.00. The highest BCUT2D eigenvalue weighted by molar-refractivity contribution is 7.89. The van der Waals surface area contributed by atoms with Crippen LogP contribution in [0.2, 0.25) is 0 Å². The molecule has 2 aliphatic rings. The van der Waals surface area contributed by atoms with Crippen molar-refractivity contribution in [3.8, 4) is 0 Å². The van der Waals surface area contributed by atoms with E-state index in [2.05, 4.69) is 0 Å². The highest BCUT2D eigenvalue weighted by Crippen LogP contribution is 2.28. The normalized spacial score (nSPS) is 27.1. The molecule has 0 aromatic heterocycles. The van der Waals surface area contributed by atoms with Crippen LogP contribution >= 0.6 is 12.4 Å². The minimum atomic E-state index is -3.07. The lowest BCUT2D eigenvalue weighted by Gasteiger charge is -2.34. The summed E-state index contributed by atoms with van der Waals surface area (Å²) in [5, 5.41) is 0. The van der Waals surface area contributed by atoms with E-state index in [1.807, 2.05) is 0 Å². The summed E-state index contributed by atoms with van der Waals surface area (Å²) in [5.74, 6) is 0.740. The molecular formula is C12H25ClN2O2S. The zero-order chi connectivity index (χ0) is 12.3. The summed E-state index contributed by atoms with van der Waals surface area (Å²) in [6.07, 6.45) is 7.58. The Morgan fingerprint density at radius 2 is 1.67 bits per heavy atom. The average molecular weight is 297 g/mol. The molecule has 2 rings (SSSR count). The summed E-state index contributed by atoms with van der Waals surface area (Å²) in [4.78, 5) is 0. The van der Waals surface area contributed by atoms with E-state index in [4.69, 9.17) is 5.73 Å². The molecule has 108 valence electrons. The van der Waals surface area contributed by atoms with Crippen LogP contribution < -0.4 is 5.73 Å². The van der Waals surface area contributed by atoms with Gasteiger partial charge in [0.15, 0.2) is 0 Å². The van der Waals surface area contributed by atoms with Gasteiger partial charge in [-0.25, -0.2) is 8.42 Å². The summed E-state index contributed by atoms with van der Waals surface area (Å²) in [5.41, 5.74) is 5.69. The molecule has 0 spiro atoms. The highest BCUT2D eigenvalue weighted by Gasteiger charge is 2.33. The van der Waals surface area contributed by atoms with Crippen LogP contribution in [0.5, 0.6) is 0 Å². The first-order valence-electron chi connectivity index (χ1n) is 6.83. The third kappa shape index (κ3) is 3.83. The minimum Gasteiger partial charge on any atom is -0.329 e. The average Bonchev–Trinajstić information content (AvgIpc) is 2.81. The van der Waals surface area contributed by atoms with Crippen LogP contribution in [0.4, 0.5) is 0 Å². The Labute approximate surface area is 117 Å². The van der Waals surface area contributed by atoms with Crippen LogP contribution in [-0.4, -0.2) is 37.6 Å². The molecule has 2 fully saturated rings. The van der Waals surface area contributed by atoms with Gasteiger partial charge in [0, 0.05) is 19.1 Å². The Bertz CT molecular complexity index is 342. The van der Waals surface area contributed by atoms with E-state index in [-0.39, 0.29) is 18.4 Å². The predicted octanol–water partition coefficient (Wildman–Crippen LogP) is 1.74. The fourth-order valence-electron chi connectivity index (χ4n) is 3.15. The van der Waals surface area contributed by atoms with E-state index in [0.717, 1.165) is 32.1 Å². The summed E-state index contributed by atoms with van der Waals surface area (Å²) < 4.78 is 26.5. The van der Waals surface area contributed by atoms with Gasteiger partial charge in [-0.15, -0.1) is 12.4 Å². The standard InChI is InChI=1S/C12H24N2O2S.ClH/c13-9-12-7-3-4-8-14(12)17(15,16)10-11-5-1-2-6-11;/h11-12H,1-10,13H2;1H. The first kappa shape index (κ1) is 16.2. The molecule has 1 atom stereocenters. The zero-order valence-electron chi connectivity index (χ0n) is 10.9. The largest absolute Gasteiger partial charge is 0.329 e. The van der Waals surface area contributed by atoms with Gasteiger partial charge in [-0.2, -0.15) is 4.31 Å². The topological polar surface area (TPSA) is 63.4 Å². The molecule has 0 amide bonds. The summed E-state index contributed by atoms with van der Waals surface area (Å²) in [6.45, 7) is 1.14. The smallest absolute Gasteiger partial charge is 0.214 e. The van der Waals surface area contributed by atoms with Gasteiger partial charge in [-0.1, -0.05) is 19.3 Å². The van der Waals surface area contributed by atoms with E-state index < -0.39 is 10.0 Å². The number of rotatable bonds is 4. The van der Waals surface area contributed by atoms with Crippen molar-refractivity contribution in [2.75, 3.05) is 18.8 Å². The van der Waals surface area contributed by atoms with E-state index in [1.54, 1.807) is 4.31 Å².